The standard InChI is InChI=1S/C17H19N3O2S/c1-9-10(2)23-17-15(9)16(18-11(3)19-17)20-13-8-12(21-4)6-7-14(13)22-5/h6-8H,1-5H3,(H,18,19,20). The first-order valence-electron chi connectivity index (χ1n) is 7.27. The minimum Gasteiger partial charge on any atom is -0.497 e. The number of methoxy groups -OCH3 is 2. The Balaban J connectivity index is 2.15. The summed E-state index contributed by atoms with van der Waals surface area (Å²) in [6.07, 6.45) is 0. The zero-order chi connectivity index (χ0) is 16.6. The average Bonchev–Trinajstić information content (AvgIpc) is 2.81. The minimum absolute atomic E-state index is 0.736. The summed E-state index contributed by atoms with van der Waals surface area (Å²) in [4.78, 5) is 11.4. The molecule has 3 rings (SSSR count). The van der Waals surface area contributed by atoms with Crippen LogP contribution in [0.4, 0.5) is 11.5 Å². The maximum atomic E-state index is 5.44. The van der Waals surface area contributed by atoms with E-state index >= 15 is 0 Å². The second-order valence-corrected chi connectivity index (χ2v) is 6.48. The van der Waals surface area contributed by atoms with E-state index in [1.807, 2.05) is 25.1 Å². The predicted octanol–water partition coefficient (Wildman–Crippen LogP) is 4.38. The molecule has 0 saturated carbocycles. The smallest absolute Gasteiger partial charge is 0.143 e. The van der Waals surface area contributed by atoms with Gasteiger partial charge in [0.25, 0.3) is 0 Å². The van der Waals surface area contributed by atoms with E-state index in [9.17, 15) is 0 Å². The highest BCUT2D eigenvalue weighted by atomic mass is 32.1. The topological polar surface area (TPSA) is 56.3 Å². The van der Waals surface area contributed by atoms with Crippen LogP contribution in [0.1, 0.15) is 16.3 Å². The van der Waals surface area contributed by atoms with Crippen molar-refractivity contribution in [3.63, 3.8) is 0 Å². The van der Waals surface area contributed by atoms with E-state index in [0.717, 1.165) is 39.0 Å². The SMILES string of the molecule is COc1ccc(OC)c(Nc2nc(C)nc3sc(C)c(C)c23)c1. The summed E-state index contributed by atoms with van der Waals surface area (Å²) in [5.74, 6) is 3.03. The van der Waals surface area contributed by atoms with Gasteiger partial charge in [-0.1, -0.05) is 0 Å². The number of thiophene rings is 1. The molecule has 23 heavy (non-hydrogen) atoms. The Morgan fingerprint density at radius 3 is 2.52 bits per heavy atom. The Kier molecular flexibility index (Phi) is 4.09. The van der Waals surface area contributed by atoms with Gasteiger partial charge in [0.15, 0.2) is 0 Å². The van der Waals surface area contributed by atoms with Crippen molar-refractivity contribution in [3.8, 4) is 11.5 Å². The number of hydrogen-bond acceptors (Lipinski definition) is 6. The molecule has 2 heterocycles. The van der Waals surface area contributed by atoms with Crippen molar-refractivity contribution in [2.75, 3.05) is 19.5 Å². The van der Waals surface area contributed by atoms with E-state index in [1.54, 1.807) is 25.6 Å². The molecule has 3 aromatic rings. The van der Waals surface area contributed by atoms with Gasteiger partial charge in [-0.25, -0.2) is 9.97 Å². The lowest BCUT2D eigenvalue weighted by molar-refractivity contribution is 0.405. The van der Waals surface area contributed by atoms with E-state index in [-0.39, 0.29) is 0 Å². The third-order valence-corrected chi connectivity index (χ3v) is 4.90. The van der Waals surface area contributed by atoms with Gasteiger partial charge < -0.3 is 14.8 Å². The van der Waals surface area contributed by atoms with Crippen LogP contribution in [0, 0.1) is 20.8 Å². The monoisotopic (exact) mass is 329 g/mol. The summed E-state index contributed by atoms with van der Waals surface area (Å²) in [5.41, 5.74) is 2.02. The molecule has 0 aliphatic rings. The third-order valence-electron chi connectivity index (χ3n) is 3.80. The lowest BCUT2D eigenvalue weighted by Gasteiger charge is -2.13. The molecule has 0 aliphatic carbocycles. The highest BCUT2D eigenvalue weighted by molar-refractivity contribution is 7.18. The second kappa shape index (κ2) is 6.04. The van der Waals surface area contributed by atoms with Gasteiger partial charge in [0.05, 0.1) is 25.3 Å². The summed E-state index contributed by atoms with van der Waals surface area (Å²) in [7, 11) is 3.29. The van der Waals surface area contributed by atoms with Crippen molar-refractivity contribution in [2.24, 2.45) is 0 Å². The highest BCUT2D eigenvalue weighted by Crippen LogP contribution is 2.37. The normalized spacial score (nSPS) is 10.8. The number of nitrogens with zero attached hydrogens (tertiary/aromatic N) is 2. The van der Waals surface area contributed by atoms with Crippen molar-refractivity contribution < 1.29 is 9.47 Å². The molecule has 0 spiro atoms. The summed E-state index contributed by atoms with van der Waals surface area (Å²) in [6, 6.07) is 5.64. The molecule has 0 radical (unpaired) electrons. The van der Waals surface area contributed by atoms with E-state index in [4.69, 9.17) is 9.47 Å². The fourth-order valence-electron chi connectivity index (χ4n) is 2.49. The Morgan fingerprint density at radius 1 is 1.04 bits per heavy atom. The van der Waals surface area contributed by atoms with Crippen molar-refractivity contribution >= 4 is 33.1 Å². The van der Waals surface area contributed by atoms with Crippen LogP contribution in [0.15, 0.2) is 18.2 Å². The zero-order valence-electron chi connectivity index (χ0n) is 13.9. The number of benzene rings is 1. The molecule has 0 atom stereocenters. The van der Waals surface area contributed by atoms with Crippen LogP contribution < -0.4 is 14.8 Å². The molecular formula is C17H19N3O2S. The second-order valence-electron chi connectivity index (χ2n) is 5.27. The third kappa shape index (κ3) is 2.82. The van der Waals surface area contributed by atoms with Crippen molar-refractivity contribution in [2.45, 2.75) is 20.8 Å². The molecule has 0 fully saturated rings. The summed E-state index contributed by atoms with van der Waals surface area (Å²) >= 11 is 1.69. The number of aryl methyl sites for hydroxylation is 3. The average molecular weight is 329 g/mol. The van der Waals surface area contributed by atoms with Gasteiger partial charge in [-0.3, -0.25) is 0 Å². The lowest BCUT2D eigenvalue weighted by Crippen LogP contribution is -2.00. The number of anilines is 2. The number of fused-ring (bicyclic) bond motifs is 1. The van der Waals surface area contributed by atoms with Gasteiger partial charge in [0.2, 0.25) is 0 Å². The van der Waals surface area contributed by atoms with Crippen LogP contribution in [0.5, 0.6) is 11.5 Å². The molecule has 120 valence electrons. The molecule has 1 N–H and O–H groups in total. The number of nitrogens with one attached hydrogen (secondary N) is 1. The summed E-state index contributed by atoms with van der Waals surface area (Å²) in [5, 5.41) is 4.45. The Bertz CT molecular complexity index is 874. The zero-order valence-corrected chi connectivity index (χ0v) is 14.7. The molecule has 2 aromatic heterocycles. The minimum atomic E-state index is 0.736. The first-order valence-corrected chi connectivity index (χ1v) is 8.08. The Labute approximate surface area is 139 Å². The Morgan fingerprint density at radius 2 is 1.83 bits per heavy atom. The van der Waals surface area contributed by atoms with Crippen LogP contribution in [0.2, 0.25) is 0 Å². The van der Waals surface area contributed by atoms with Gasteiger partial charge >= 0.3 is 0 Å². The fourth-order valence-corrected chi connectivity index (χ4v) is 3.56. The van der Waals surface area contributed by atoms with E-state index in [2.05, 4.69) is 29.1 Å². The summed E-state index contributed by atoms with van der Waals surface area (Å²) in [6.45, 7) is 6.10. The summed E-state index contributed by atoms with van der Waals surface area (Å²) < 4.78 is 10.7. The molecule has 0 saturated heterocycles. The largest absolute Gasteiger partial charge is 0.497 e. The first kappa shape index (κ1) is 15.6. The van der Waals surface area contributed by atoms with E-state index in [1.165, 1.54) is 10.4 Å². The molecule has 0 bridgehead atoms. The molecule has 0 aliphatic heterocycles. The van der Waals surface area contributed by atoms with Gasteiger partial charge in [0.1, 0.15) is 28.0 Å². The molecule has 0 amide bonds. The van der Waals surface area contributed by atoms with Crippen LogP contribution in [-0.4, -0.2) is 24.2 Å². The lowest BCUT2D eigenvalue weighted by atomic mass is 10.2. The molecule has 1 aromatic carbocycles. The quantitative estimate of drug-likeness (QED) is 0.770. The van der Waals surface area contributed by atoms with Crippen LogP contribution in [0.3, 0.4) is 0 Å². The van der Waals surface area contributed by atoms with Gasteiger partial charge in [-0.2, -0.15) is 0 Å². The maximum Gasteiger partial charge on any atom is 0.143 e. The molecule has 6 heteroatoms. The number of aromatic nitrogens is 2. The van der Waals surface area contributed by atoms with E-state index < -0.39 is 0 Å². The molecule has 0 unspecified atom stereocenters. The van der Waals surface area contributed by atoms with Crippen LogP contribution >= 0.6 is 11.3 Å². The van der Waals surface area contributed by atoms with Gasteiger partial charge in [-0.15, -0.1) is 11.3 Å². The maximum absolute atomic E-state index is 5.44. The van der Waals surface area contributed by atoms with Crippen molar-refractivity contribution in [1.29, 1.82) is 0 Å². The number of hydrogen-bond donors (Lipinski definition) is 1. The Hall–Kier alpha value is -2.34. The molecular weight excluding hydrogens is 310 g/mol. The number of ether oxygens (including phenoxy) is 2. The van der Waals surface area contributed by atoms with Crippen molar-refractivity contribution in [1.82, 2.24) is 9.97 Å². The van der Waals surface area contributed by atoms with E-state index in [0.29, 0.717) is 0 Å². The highest BCUT2D eigenvalue weighted by Gasteiger charge is 2.15. The van der Waals surface area contributed by atoms with Crippen LogP contribution in [-0.2, 0) is 0 Å². The molecule has 5 nitrogen and oxygen atoms in total. The van der Waals surface area contributed by atoms with Crippen molar-refractivity contribution in [3.05, 3.63) is 34.5 Å². The first-order chi connectivity index (χ1) is 11.0. The fraction of sp³-hybridized carbons (Fsp3) is 0.294. The predicted molar refractivity (Wildman–Crippen MR) is 94.5 cm³/mol. The number of rotatable bonds is 4. The van der Waals surface area contributed by atoms with Gasteiger partial charge in [0, 0.05) is 10.9 Å². The van der Waals surface area contributed by atoms with Crippen LogP contribution in [0.25, 0.3) is 10.2 Å². The van der Waals surface area contributed by atoms with Gasteiger partial charge in [-0.05, 0) is 38.5 Å².